The molecule has 0 amide bonds. The molecule has 8 aromatic rings. The summed E-state index contributed by atoms with van der Waals surface area (Å²) in [5.41, 5.74) is 7.99. The van der Waals surface area contributed by atoms with E-state index in [4.69, 9.17) is 17.5 Å². The van der Waals surface area contributed by atoms with Crippen LogP contribution in [-0.4, -0.2) is 69.6 Å². The van der Waals surface area contributed by atoms with Crippen molar-refractivity contribution in [2.75, 3.05) is 0 Å². The van der Waals surface area contributed by atoms with Crippen molar-refractivity contribution in [1.29, 1.82) is 0 Å². The molecular formula is C40H40CuN8O8S. The van der Waals surface area contributed by atoms with Gasteiger partial charge in [0.2, 0.25) is 0 Å². The van der Waals surface area contributed by atoms with Crippen LogP contribution in [0.5, 0.6) is 0 Å². The maximum Gasteiger partial charge on any atom is 2.00 e. The van der Waals surface area contributed by atoms with E-state index in [2.05, 4.69) is 20.0 Å². The summed E-state index contributed by atoms with van der Waals surface area (Å²) in [4.78, 5) is 41.2. The molecule has 0 fully saturated rings. The summed E-state index contributed by atoms with van der Waals surface area (Å²) >= 11 is 0. The predicted octanol–water partition coefficient (Wildman–Crippen LogP) is 4.44. The van der Waals surface area contributed by atoms with E-state index >= 15 is 0 Å². The number of para-hydroxylation sites is 4. The number of nitrogens with zero attached hydrogens (tertiary/aromatic N) is 6. The van der Waals surface area contributed by atoms with Crippen molar-refractivity contribution in [2.24, 2.45) is 24.1 Å². The molecule has 0 aliphatic carbocycles. The van der Waals surface area contributed by atoms with E-state index in [0.717, 1.165) is 55.7 Å². The van der Waals surface area contributed by atoms with Gasteiger partial charge in [-0.2, -0.15) is 0 Å². The zero-order chi connectivity index (χ0) is 39.3. The minimum atomic E-state index is -5.17. The van der Waals surface area contributed by atoms with Gasteiger partial charge < -0.3 is 30.0 Å². The molecule has 6 N–H and O–H groups in total. The van der Waals surface area contributed by atoms with Gasteiger partial charge in [-0.1, -0.05) is 72.8 Å². The standard InChI is InChI=1S/2C20H18N4O.Cu.H2O4S.2H2O/c2*1-14-19(20(25)24(23(14)2)16-8-4-3-5-9-16)22-13-15-12-21-18-11-7-6-10-17(15)18;;1-5(2,3)4;;/h2*3-13,21H,1-2H3;;(H2,1,2,3,4);2*1H2/q;;+2;;;/p-2. The van der Waals surface area contributed by atoms with Crippen LogP contribution < -0.4 is 11.1 Å². The Kier molecular flexibility index (Phi) is 15.6. The Morgan fingerprint density at radius 2 is 0.879 bits per heavy atom. The van der Waals surface area contributed by atoms with E-state index < -0.39 is 10.4 Å². The van der Waals surface area contributed by atoms with Gasteiger partial charge in [0.25, 0.3) is 11.1 Å². The number of H-pyrrole nitrogens is 2. The third-order valence-electron chi connectivity index (χ3n) is 8.96. The second-order valence-electron chi connectivity index (χ2n) is 12.3. The monoisotopic (exact) mass is 855 g/mol. The Bertz CT molecular complexity index is 2720. The Morgan fingerprint density at radius 1 is 0.569 bits per heavy atom. The molecule has 0 saturated heterocycles. The Labute approximate surface area is 343 Å². The Balaban J connectivity index is 0.000000266. The number of rotatable bonds is 6. The first-order valence-corrected chi connectivity index (χ1v) is 18.2. The molecule has 8 rings (SSSR count). The van der Waals surface area contributed by atoms with Gasteiger partial charge in [-0.3, -0.25) is 27.4 Å². The van der Waals surface area contributed by atoms with Gasteiger partial charge in [0.1, 0.15) is 0 Å². The molecule has 58 heavy (non-hydrogen) atoms. The summed E-state index contributed by atoms with van der Waals surface area (Å²) < 4.78 is 41.0. The quantitative estimate of drug-likeness (QED) is 0.106. The Hall–Kier alpha value is -6.37. The summed E-state index contributed by atoms with van der Waals surface area (Å²) in [6, 6.07) is 35.2. The normalized spacial score (nSPS) is 11.0. The maximum atomic E-state index is 12.9. The third-order valence-corrected chi connectivity index (χ3v) is 8.96. The molecule has 0 unspecified atom stereocenters. The zero-order valence-corrected chi connectivity index (χ0v) is 33.3. The van der Waals surface area contributed by atoms with Crippen LogP contribution in [0.15, 0.2) is 141 Å². The van der Waals surface area contributed by atoms with Crippen LogP contribution in [0, 0.1) is 13.8 Å². The SMILES string of the molecule is Cc1c(N=Cc2c[nH]c3ccccc23)c(=O)n(-c2ccccc2)n1C.Cc1c(N=Cc2c[nH]c3ccccc23)c(=O)n(-c2ccccc2)n1C.O.O.O=S(=O)([O-])[O-].[Cu+2]. The van der Waals surface area contributed by atoms with Crippen molar-refractivity contribution >= 4 is 56.0 Å². The molecule has 16 nitrogen and oxygen atoms in total. The number of aromatic nitrogens is 6. The molecule has 4 aromatic carbocycles. The molecule has 0 aliphatic rings. The van der Waals surface area contributed by atoms with Gasteiger partial charge in [-0.25, -0.2) is 19.3 Å². The number of aliphatic imine (C=N–C) groups is 2. The van der Waals surface area contributed by atoms with E-state index in [-0.39, 0.29) is 39.1 Å². The second kappa shape index (κ2) is 19.7. The average Bonchev–Trinajstić information content (AvgIpc) is 3.89. The minimum absolute atomic E-state index is 0. The van der Waals surface area contributed by atoms with Crippen molar-refractivity contribution < 1.29 is 45.5 Å². The van der Waals surface area contributed by atoms with Crippen LogP contribution in [0.3, 0.4) is 0 Å². The van der Waals surface area contributed by atoms with E-state index in [1.54, 1.807) is 21.8 Å². The number of nitrogens with one attached hydrogen (secondary N) is 2. The van der Waals surface area contributed by atoms with E-state index in [1.807, 2.05) is 159 Å². The Morgan fingerprint density at radius 3 is 1.22 bits per heavy atom. The fraction of sp³-hybridized carbons (Fsp3) is 0.100. The maximum absolute atomic E-state index is 12.9. The second-order valence-corrected chi connectivity index (χ2v) is 13.1. The van der Waals surface area contributed by atoms with Crippen molar-refractivity contribution in [3.05, 3.63) is 165 Å². The first-order valence-electron chi connectivity index (χ1n) is 16.9. The molecule has 4 aromatic heterocycles. The molecule has 0 aliphatic heterocycles. The van der Waals surface area contributed by atoms with Crippen molar-refractivity contribution in [3.63, 3.8) is 0 Å². The summed E-state index contributed by atoms with van der Waals surface area (Å²) in [6.45, 7) is 3.81. The van der Waals surface area contributed by atoms with Gasteiger partial charge in [-0.05, 0) is 50.2 Å². The predicted molar refractivity (Wildman–Crippen MR) is 220 cm³/mol. The van der Waals surface area contributed by atoms with Crippen molar-refractivity contribution in [2.45, 2.75) is 13.8 Å². The van der Waals surface area contributed by atoms with E-state index in [9.17, 15) is 9.59 Å². The molecule has 305 valence electrons. The van der Waals surface area contributed by atoms with E-state index in [0.29, 0.717) is 11.4 Å². The van der Waals surface area contributed by atoms with Gasteiger partial charge >= 0.3 is 17.1 Å². The van der Waals surface area contributed by atoms with E-state index in [1.165, 1.54) is 0 Å². The molecule has 4 heterocycles. The topological polar surface area (TPSA) is 253 Å². The third kappa shape index (κ3) is 10.1. The first-order chi connectivity index (χ1) is 26.3. The average molecular weight is 856 g/mol. The van der Waals surface area contributed by atoms with Crippen molar-refractivity contribution in [1.82, 2.24) is 28.7 Å². The molecule has 0 atom stereocenters. The number of aromatic amines is 2. The van der Waals surface area contributed by atoms with Gasteiger partial charge in [0.05, 0.1) is 22.8 Å². The number of fused-ring (bicyclic) bond motifs is 2. The zero-order valence-electron chi connectivity index (χ0n) is 31.5. The van der Waals surface area contributed by atoms with Crippen LogP contribution in [0.1, 0.15) is 22.5 Å². The van der Waals surface area contributed by atoms with Gasteiger partial charge in [0, 0.05) is 82.2 Å². The minimum Gasteiger partial charge on any atom is -0.759 e. The smallest absolute Gasteiger partial charge is 0.759 e. The fourth-order valence-electron chi connectivity index (χ4n) is 6.08. The molecule has 0 saturated carbocycles. The number of benzene rings is 4. The summed E-state index contributed by atoms with van der Waals surface area (Å²) in [6.07, 6.45) is 7.31. The molecule has 18 heteroatoms. The summed E-state index contributed by atoms with van der Waals surface area (Å²) in [7, 11) is -1.43. The fourth-order valence-corrected chi connectivity index (χ4v) is 6.08. The summed E-state index contributed by atoms with van der Waals surface area (Å²) in [5.74, 6) is 0. The van der Waals surface area contributed by atoms with Crippen LogP contribution >= 0.6 is 0 Å². The number of hydrogen-bond donors (Lipinski definition) is 2. The molecule has 1 radical (unpaired) electrons. The first kappa shape index (κ1) is 46.0. The van der Waals surface area contributed by atoms with Crippen LogP contribution in [-0.2, 0) is 41.6 Å². The molecule has 0 spiro atoms. The largest absolute Gasteiger partial charge is 2.00 e. The summed E-state index contributed by atoms with van der Waals surface area (Å²) in [5, 5.41) is 2.17. The van der Waals surface area contributed by atoms with Crippen LogP contribution in [0.2, 0.25) is 0 Å². The van der Waals surface area contributed by atoms with Crippen molar-refractivity contribution in [3.8, 4) is 11.4 Å². The van der Waals surface area contributed by atoms with Gasteiger partial charge in [-0.15, -0.1) is 0 Å². The van der Waals surface area contributed by atoms with Gasteiger partial charge in [0.15, 0.2) is 11.4 Å². The van der Waals surface area contributed by atoms with Crippen LogP contribution in [0.4, 0.5) is 11.4 Å². The number of hydrogen-bond acceptors (Lipinski definition) is 8. The molecular weight excluding hydrogens is 816 g/mol. The van der Waals surface area contributed by atoms with Crippen LogP contribution in [0.25, 0.3) is 33.2 Å². The molecule has 0 bridgehead atoms.